The Kier molecular flexibility index (Phi) is 7.26. The number of para-hydroxylation sites is 2. The first-order valence-corrected chi connectivity index (χ1v) is 12.4. The summed E-state index contributed by atoms with van der Waals surface area (Å²) in [6.07, 6.45) is 0.748. The third-order valence-corrected chi connectivity index (χ3v) is 6.90. The molecule has 0 radical (unpaired) electrons. The Bertz CT molecular complexity index is 1210. The Hall–Kier alpha value is -2.96. The molecule has 0 spiro atoms. The van der Waals surface area contributed by atoms with Gasteiger partial charge in [-0.3, -0.25) is 4.79 Å². The molecule has 0 fully saturated rings. The molecule has 5 nitrogen and oxygen atoms in total. The van der Waals surface area contributed by atoms with E-state index in [1.165, 1.54) is 5.56 Å². The molecule has 0 aliphatic carbocycles. The van der Waals surface area contributed by atoms with Gasteiger partial charge in [0.2, 0.25) is 0 Å². The van der Waals surface area contributed by atoms with Crippen molar-refractivity contribution in [2.75, 3.05) is 13.1 Å². The number of imidazole rings is 1. The van der Waals surface area contributed by atoms with E-state index >= 15 is 0 Å². The van der Waals surface area contributed by atoms with Crippen LogP contribution in [0.4, 0.5) is 0 Å². The number of aromatic nitrogens is 2. The van der Waals surface area contributed by atoms with Crippen molar-refractivity contribution in [2.45, 2.75) is 39.8 Å². The number of hydrogen-bond acceptors (Lipinski definition) is 4. The van der Waals surface area contributed by atoms with Crippen LogP contribution in [0.2, 0.25) is 0 Å². The lowest BCUT2D eigenvalue weighted by Gasteiger charge is -2.34. The van der Waals surface area contributed by atoms with Crippen LogP contribution in [0, 0.1) is 12.8 Å². The van der Waals surface area contributed by atoms with Crippen LogP contribution in [-0.2, 0) is 6.54 Å². The first-order valence-electron chi connectivity index (χ1n) is 11.6. The maximum atomic E-state index is 13.7. The lowest BCUT2D eigenvalue weighted by atomic mass is 10.0. The fourth-order valence-corrected chi connectivity index (χ4v) is 5.19. The number of hydrogen-bond donors (Lipinski definition) is 1. The van der Waals surface area contributed by atoms with Crippen LogP contribution >= 0.6 is 11.3 Å². The van der Waals surface area contributed by atoms with Gasteiger partial charge in [-0.2, -0.15) is 0 Å². The molecule has 1 atom stereocenters. The van der Waals surface area contributed by atoms with Crippen molar-refractivity contribution in [3.63, 3.8) is 0 Å². The Morgan fingerprint density at radius 3 is 2.45 bits per heavy atom. The maximum absolute atomic E-state index is 13.7. The van der Waals surface area contributed by atoms with Crippen LogP contribution in [-0.4, -0.2) is 33.4 Å². The SMILES string of the molecule is Cc1ccc(C(=O)N(CCCN)C(c2nc3ccccc3n2Cc2ccccc2)C(C)C)s1. The van der Waals surface area contributed by atoms with Crippen LogP contribution in [0.25, 0.3) is 11.0 Å². The molecule has 1 amide bonds. The molecule has 2 aromatic heterocycles. The predicted molar refractivity (Wildman–Crippen MR) is 137 cm³/mol. The van der Waals surface area contributed by atoms with Crippen LogP contribution < -0.4 is 5.73 Å². The van der Waals surface area contributed by atoms with Crippen LogP contribution in [0.15, 0.2) is 66.7 Å². The first kappa shape index (κ1) is 23.2. The minimum Gasteiger partial charge on any atom is -0.330 e. The van der Waals surface area contributed by atoms with Gasteiger partial charge in [-0.1, -0.05) is 56.3 Å². The van der Waals surface area contributed by atoms with Crippen molar-refractivity contribution in [2.24, 2.45) is 11.7 Å². The number of benzene rings is 2. The number of aryl methyl sites for hydroxylation is 1. The van der Waals surface area contributed by atoms with Crippen molar-refractivity contribution >= 4 is 28.3 Å². The molecule has 0 aliphatic heterocycles. The van der Waals surface area contributed by atoms with E-state index < -0.39 is 0 Å². The van der Waals surface area contributed by atoms with Gasteiger partial charge in [0.05, 0.1) is 22.0 Å². The molecule has 4 rings (SSSR count). The fourth-order valence-electron chi connectivity index (χ4n) is 4.37. The summed E-state index contributed by atoms with van der Waals surface area (Å²) in [7, 11) is 0. The maximum Gasteiger partial charge on any atom is 0.264 e. The molecule has 33 heavy (non-hydrogen) atoms. The summed E-state index contributed by atoms with van der Waals surface area (Å²) in [5.74, 6) is 1.16. The minimum atomic E-state index is -0.164. The summed E-state index contributed by atoms with van der Waals surface area (Å²) in [5.41, 5.74) is 9.11. The summed E-state index contributed by atoms with van der Waals surface area (Å²) in [4.78, 5) is 22.7. The normalized spacial score (nSPS) is 12.4. The molecule has 172 valence electrons. The number of thiophene rings is 1. The second kappa shape index (κ2) is 10.3. The number of fused-ring (bicyclic) bond motifs is 1. The highest BCUT2D eigenvalue weighted by Gasteiger charge is 2.33. The van der Waals surface area contributed by atoms with Crippen LogP contribution in [0.1, 0.15) is 52.2 Å². The quantitative estimate of drug-likeness (QED) is 0.351. The van der Waals surface area contributed by atoms with E-state index in [4.69, 9.17) is 10.7 Å². The van der Waals surface area contributed by atoms with E-state index in [0.717, 1.165) is 33.0 Å². The molecule has 0 saturated carbocycles. The molecule has 0 aliphatic rings. The van der Waals surface area contributed by atoms with E-state index in [1.54, 1.807) is 11.3 Å². The lowest BCUT2D eigenvalue weighted by molar-refractivity contribution is 0.0610. The molecule has 4 aromatic rings. The summed E-state index contributed by atoms with van der Waals surface area (Å²) in [5, 5.41) is 0. The highest BCUT2D eigenvalue weighted by Crippen LogP contribution is 2.33. The number of nitrogens with zero attached hydrogens (tertiary/aromatic N) is 3. The van der Waals surface area contributed by atoms with Crippen molar-refractivity contribution in [3.05, 3.63) is 87.9 Å². The van der Waals surface area contributed by atoms with Gasteiger partial charge in [0.15, 0.2) is 0 Å². The average Bonchev–Trinajstić information content (AvgIpc) is 3.40. The number of carbonyl (C=O) groups is 1. The number of amides is 1. The number of nitrogens with two attached hydrogens (primary N) is 1. The van der Waals surface area contributed by atoms with Gasteiger partial charge < -0.3 is 15.2 Å². The molecule has 0 saturated heterocycles. The molecule has 0 bridgehead atoms. The zero-order chi connectivity index (χ0) is 23.4. The fraction of sp³-hybridized carbons (Fsp3) is 0.333. The van der Waals surface area contributed by atoms with Crippen molar-refractivity contribution < 1.29 is 4.79 Å². The van der Waals surface area contributed by atoms with E-state index in [0.29, 0.717) is 19.6 Å². The first-order chi connectivity index (χ1) is 16.0. The Morgan fingerprint density at radius 2 is 1.79 bits per heavy atom. The largest absolute Gasteiger partial charge is 0.330 e. The van der Waals surface area contributed by atoms with E-state index in [2.05, 4.69) is 48.7 Å². The van der Waals surface area contributed by atoms with E-state index in [-0.39, 0.29) is 17.9 Å². The Labute approximate surface area is 199 Å². The molecule has 1 unspecified atom stereocenters. The standard InChI is InChI=1S/C27H32N4OS/c1-19(2)25(30(17-9-16-28)27(32)24-15-14-20(3)33-24)26-29-22-12-7-8-13-23(22)31(26)18-21-10-5-4-6-11-21/h4-8,10-15,19,25H,9,16-18,28H2,1-3H3. The second-order valence-corrected chi connectivity index (χ2v) is 10.1. The van der Waals surface area contributed by atoms with Gasteiger partial charge in [-0.15, -0.1) is 11.3 Å². The number of carbonyl (C=O) groups excluding carboxylic acids is 1. The monoisotopic (exact) mass is 460 g/mol. The summed E-state index contributed by atoms with van der Waals surface area (Å²) in [6.45, 7) is 8.21. The third kappa shape index (κ3) is 5.02. The highest BCUT2D eigenvalue weighted by molar-refractivity contribution is 7.13. The molecular formula is C27H32N4OS. The van der Waals surface area contributed by atoms with E-state index in [9.17, 15) is 4.79 Å². The second-order valence-electron chi connectivity index (χ2n) is 8.77. The van der Waals surface area contributed by atoms with Gasteiger partial charge in [-0.25, -0.2) is 4.98 Å². The zero-order valence-corrected chi connectivity index (χ0v) is 20.4. The topological polar surface area (TPSA) is 64.2 Å². The van der Waals surface area contributed by atoms with Crippen molar-refractivity contribution in [1.29, 1.82) is 0 Å². The lowest BCUT2D eigenvalue weighted by Crippen LogP contribution is -2.40. The highest BCUT2D eigenvalue weighted by atomic mass is 32.1. The van der Waals surface area contributed by atoms with Gasteiger partial charge in [0.1, 0.15) is 5.82 Å². The van der Waals surface area contributed by atoms with Gasteiger partial charge in [-0.05, 0) is 55.6 Å². The van der Waals surface area contributed by atoms with Crippen LogP contribution in [0.3, 0.4) is 0 Å². The summed E-state index contributed by atoms with van der Waals surface area (Å²) in [6, 6.07) is 22.4. The summed E-state index contributed by atoms with van der Waals surface area (Å²) >= 11 is 1.54. The molecule has 2 aromatic carbocycles. The van der Waals surface area contributed by atoms with E-state index in [1.807, 2.05) is 48.2 Å². The minimum absolute atomic E-state index is 0.0542. The summed E-state index contributed by atoms with van der Waals surface area (Å²) < 4.78 is 2.28. The third-order valence-electron chi connectivity index (χ3n) is 5.91. The van der Waals surface area contributed by atoms with Gasteiger partial charge in [0.25, 0.3) is 5.91 Å². The average molecular weight is 461 g/mol. The Balaban J connectivity index is 1.83. The molecule has 6 heteroatoms. The van der Waals surface area contributed by atoms with Gasteiger partial charge >= 0.3 is 0 Å². The number of rotatable bonds is 9. The van der Waals surface area contributed by atoms with Gasteiger partial charge in [0, 0.05) is 18.0 Å². The van der Waals surface area contributed by atoms with Crippen molar-refractivity contribution in [3.8, 4) is 0 Å². The van der Waals surface area contributed by atoms with Crippen molar-refractivity contribution in [1.82, 2.24) is 14.5 Å². The molecule has 2 N–H and O–H groups in total. The smallest absolute Gasteiger partial charge is 0.264 e. The molecule has 2 heterocycles. The Morgan fingerprint density at radius 1 is 1.06 bits per heavy atom. The zero-order valence-electron chi connectivity index (χ0n) is 19.6. The predicted octanol–water partition coefficient (Wildman–Crippen LogP) is 5.64. The molecular weight excluding hydrogens is 428 g/mol. The van der Waals surface area contributed by atoms with Crippen LogP contribution in [0.5, 0.6) is 0 Å².